The van der Waals surface area contributed by atoms with Crippen molar-refractivity contribution < 1.29 is 22.7 Å². The SMILES string of the molecule is Cc1ccc(C(=O)[C@@H](C)OC(=O)c2cccc(N3CCCS3(=O)=O)c2)cc1C. The highest BCUT2D eigenvalue weighted by Crippen LogP contribution is 2.25. The number of esters is 1. The molecule has 1 atom stereocenters. The first-order valence-electron chi connectivity index (χ1n) is 9.12. The van der Waals surface area contributed by atoms with Gasteiger partial charge in [0.2, 0.25) is 15.8 Å². The summed E-state index contributed by atoms with van der Waals surface area (Å²) in [6.07, 6.45) is -0.396. The van der Waals surface area contributed by atoms with Gasteiger partial charge in [-0.05, 0) is 62.6 Å². The van der Waals surface area contributed by atoms with Crippen LogP contribution in [-0.2, 0) is 14.8 Å². The number of hydrogen-bond donors (Lipinski definition) is 0. The van der Waals surface area contributed by atoms with Crippen molar-refractivity contribution >= 4 is 27.5 Å². The topological polar surface area (TPSA) is 80.8 Å². The standard InChI is InChI=1S/C21H23NO5S/c1-14-8-9-17(12-15(14)2)20(23)16(3)27-21(24)18-6-4-7-19(13-18)22-10-5-11-28(22,25)26/h4,6-9,12-13,16H,5,10-11H2,1-3H3/t16-/m1/s1. The number of ether oxygens (including phenoxy) is 1. The second-order valence-corrected chi connectivity index (χ2v) is 9.02. The van der Waals surface area contributed by atoms with E-state index in [1.54, 1.807) is 30.3 Å². The lowest BCUT2D eigenvalue weighted by Crippen LogP contribution is -2.26. The molecule has 0 saturated carbocycles. The largest absolute Gasteiger partial charge is 0.451 e. The molecule has 7 heteroatoms. The third-order valence-corrected chi connectivity index (χ3v) is 6.78. The van der Waals surface area contributed by atoms with E-state index in [0.29, 0.717) is 24.2 Å². The summed E-state index contributed by atoms with van der Waals surface area (Å²) in [4.78, 5) is 25.1. The Labute approximate surface area is 165 Å². The van der Waals surface area contributed by atoms with E-state index in [1.165, 1.54) is 17.3 Å². The average molecular weight is 401 g/mol. The molecule has 0 aromatic heterocycles. The van der Waals surface area contributed by atoms with Crippen molar-refractivity contribution in [1.29, 1.82) is 0 Å². The maximum atomic E-state index is 12.6. The van der Waals surface area contributed by atoms with Gasteiger partial charge in [-0.25, -0.2) is 13.2 Å². The van der Waals surface area contributed by atoms with Crippen LogP contribution in [-0.4, -0.2) is 38.6 Å². The lowest BCUT2D eigenvalue weighted by atomic mass is 10.0. The Kier molecular flexibility index (Phi) is 5.56. The van der Waals surface area contributed by atoms with Crippen LogP contribution in [0.3, 0.4) is 0 Å². The van der Waals surface area contributed by atoms with Gasteiger partial charge in [0.15, 0.2) is 6.10 Å². The molecule has 0 spiro atoms. The molecule has 0 amide bonds. The first-order valence-corrected chi connectivity index (χ1v) is 10.7. The number of carbonyl (C=O) groups is 2. The highest BCUT2D eigenvalue weighted by molar-refractivity contribution is 7.93. The summed E-state index contributed by atoms with van der Waals surface area (Å²) in [6.45, 7) is 5.80. The molecule has 1 fully saturated rings. The highest BCUT2D eigenvalue weighted by atomic mass is 32.2. The minimum absolute atomic E-state index is 0.100. The number of sulfonamides is 1. The molecule has 1 aliphatic rings. The Bertz CT molecular complexity index is 1030. The van der Waals surface area contributed by atoms with Crippen LogP contribution in [0.15, 0.2) is 42.5 Å². The van der Waals surface area contributed by atoms with Gasteiger partial charge in [-0.15, -0.1) is 0 Å². The fourth-order valence-corrected chi connectivity index (χ4v) is 4.69. The fourth-order valence-electron chi connectivity index (χ4n) is 3.13. The van der Waals surface area contributed by atoms with E-state index in [9.17, 15) is 18.0 Å². The molecule has 2 aromatic rings. The van der Waals surface area contributed by atoms with Crippen LogP contribution in [0.4, 0.5) is 5.69 Å². The second kappa shape index (κ2) is 7.75. The molecule has 0 unspecified atom stereocenters. The average Bonchev–Trinajstić information content (AvgIpc) is 3.02. The minimum Gasteiger partial charge on any atom is -0.451 e. The van der Waals surface area contributed by atoms with E-state index in [-0.39, 0.29) is 17.1 Å². The first-order chi connectivity index (χ1) is 13.2. The van der Waals surface area contributed by atoms with E-state index < -0.39 is 22.1 Å². The number of aryl methyl sites for hydroxylation is 2. The Morgan fingerprint density at radius 1 is 1.04 bits per heavy atom. The number of benzene rings is 2. The van der Waals surface area contributed by atoms with Gasteiger partial charge in [-0.1, -0.05) is 18.2 Å². The van der Waals surface area contributed by atoms with Gasteiger partial charge in [0.05, 0.1) is 17.0 Å². The van der Waals surface area contributed by atoms with Gasteiger partial charge in [0, 0.05) is 12.1 Å². The smallest absolute Gasteiger partial charge is 0.338 e. The summed E-state index contributed by atoms with van der Waals surface area (Å²) in [6, 6.07) is 11.6. The summed E-state index contributed by atoms with van der Waals surface area (Å²) in [5, 5.41) is 0. The van der Waals surface area contributed by atoms with Crippen molar-refractivity contribution in [3.05, 3.63) is 64.7 Å². The summed E-state index contributed by atoms with van der Waals surface area (Å²) >= 11 is 0. The summed E-state index contributed by atoms with van der Waals surface area (Å²) in [5.74, 6) is -0.846. The molecule has 6 nitrogen and oxygen atoms in total. The zero-order valence-electron chi connectivity index (χ0n) is 16.1. The zero-order chi connectivity index (χ0) is 20.5. The number of anilines is 1. The number of ketones is 1. The maximum Gasteiger partial charge on any atom is 0.338 e. The van der Waals surface area contributed by atoms with Crippen molar-refractivity contribution in [3.8, 4) is 0 Å². The predicted molar refractivity (Wildman–Crippen MR) is 107 cm³/mol. The number of rotatable bonds is 5. The van der Waals surface area contributed by atoms with Crippen molar-refractivity contribution in [2.45, 2.75) is 33.3 Å². The Morgan fingerprint density at radius 3 is 2.43 bits per heavy atom. The Morgan fingerprint density at radius 2 is 1.79 bits per heavy atom. The molecule has 0 radical (unpaired) electrons. The molecule has 1 aliphatic heterocycles. The molecular weight excluding hydrogens is 378 g/mol. The number of hydrogen-bond acceptors (Lipinski definition) is 5. The van der Waals surface area contributed by atoms with Crippen molar-refractivity contribution in [2.24, 2.45) is 0 Å². The van der Waals surface area contributed by atoms with Gasteiger partial charge in [-0.2, -0.15) is 0 Å². The van der Waals surface area contributed by atoms with Crippen molar-refractivity contribution in [2.75, 3.05) is 16.6 Å². The fraction of sp³-hybridized carbons (Fsp3) is 0.333. The number of Topliss-reactive ketones (excluding diaryl/α,β-unsaturated/α-hetero) is 1. The van der Waals surface area contributed by atoms with E-state index >= 15 is 0 Å². The molecule has 148 valence electrons. The molecule has 3 rings (SSSR count). The normalized spacial score (nSPS) is 16.6. The third-order valence-electron chi connectivity index (χ3n) is 4.91. The van der Waals surface area contributed by atoms with Gasteiger partial charge < -0.3 is 4.74 Å². The second-order valence-electron chi connectivity index (χ2n) is 7.00. The van der Waals surface area contributed by atoms with Crippen LogP contribution < -0.4 is 4.31 Å². The third kappa shape index (κ3) is 4.09. The van der Waals surface area contributed by atoms with Gasteiger partial charge in [-0.3, -0.25) is 9.10 Å². The van der Waals surface area contributed by atoms with E-state index in [1.807, 2.05) is 19.9 Å². The first kappa shape index (κ1) is 20.1. The van der Waals surface area contributed by atoms with E-state index in [0.717, 1.165) is 11.1 Å². The van der Waals surface area contributed by atoms with Crippen LogP contribution in [0, 0.1) is 13.8 Å². The lowest BCUT2D eigenvalue weighted by Gasteiger charge is -2.18. The maximum absolute atomic E-state index is 12.6. The monoisotopic (exact) mass is 401 g/mol. The summed E-state index contributed by atoms with van der Waals surface area (Å²) in [7, 11) is -3.34. The van der Waals surface area contributed by atoms with Gasteiger partial charge in [0.25, 0.3) is 0 Å². The molecule has 1 heterocycles. The molecule has 0 aliphatic carbocycles. The lowest BCUT2D eigenvalue weighted by molar-refractivity contribution is 0.0319. The van der Waals surface area contributed by atoms with E-state index in [4.69, 9.17) is 4.74 Å². The summed E-state index contributed by atoms with van der Waals surface area (Å²) in [5.41, 5.74) is 3.19. The number of nitrogens with zero attached hydrogens (tertiary/aromatic N) is 1. The van der Waals surface area contributed by atoms with Crippen molar-refractivity contribution in [1.82, 2.24) is 0 Å². The highest BCUT2D eigenvalue weighted by Gasteiger charge is 2.29. The summed E-state index contributed by atoms with van der Waals surface area (Å²) < 4.78 is 30.8. The molecule has 0 N–H and O–H groups in total. The van der Waals surface area contributed by atoms with Gasteiger partial charge >= 0.3 is 5.97 Å². The molecule has 28 heavy (non-hydrogen) atoms. The van der Waals surface area contributed by atoms with Crippen LogP contribution in [0.5, 0.6) is 0 Å². The molecule has 1 saturated heterocycles. The van der Waals surface area contributed by atoms with Crippen LogP contribution >= 0.6 is 0 Å². The Hall–Kier alpha value is -2.67. The molecular formula is C21H23NO5S. The van der Waals surface area contributed by atoms with Crippen LogP contribution in [0.2, 0.25) is 0 Å². The van der Waals surface area contributed by atoms with Crippen LogP contribution in [0.1, 0.15) is 45.2 Å². The Balaban J connectivity index is 1.74. The van der Waals surface area contributed by atoms with Crippen molar-refractivity contribution in [3.63, 3.8) is 0 Å². The minimum atomic E-state index is -3.34. The van der Waals surface area contributed by atoms with E-state index in [2.05, 4.69) is 0 Å². The zero-order valence-corrected chi connectivity index (χ0v) is 17.0. The quantitative estimate of drug-likeness (QED) is 0.567. The van der Waals surface area contributed by atoms with Gasteiger partial charge in [0.1, 0.15) is 0 Å². The predicted octanol–water partition coefficient (Wildman–Crippen LogP) is 3.27. The molecule has 0 bridgehead atoms. The molecule has 2 aromatic carbocycles. The van der Waals surface area contributed by atoms with Crippen LogP contribution in [0.25, 0.3) is 0 Å². The number of carbonyl (C=O) groups excluding carboxylic acids is 2.